The Morgan fingerprint density at radius 2 is 1.89 bits per heavy atom. The maximum atomic E-state index is 6.20. The van der Waals surface area contributed by atoms with E-state index in [0.717, 1.165) is 24.1 Å². The van der Waals surface area contributed by atoms with Crippen LogP contribution in [0.25, 0.3) is 11.6 Å². The van der Waals surface area contributed by atoms with E-state index < -0.39 is 0 Å². The van der Waals surface area contributed by atoms with Gasteiger partial charge < -0.3 is 5.73 Å². The third-order valence-corrected chi connectivity index (χ3v) is 3.48. The molecule has 0 bridgehead atoms. The normalized spacial score (nSPS) is 20.9. The molecule has 19 heavy (non-hydrogen) atoms. The number of fused-ring (bicyclic) bond motifs is 1. The van der Waals surface area contributed by atoms with Gasteiger partial charge in [-0.2, -0.15) is 0 Å². The Labute approximate surface area is 112 Å². The maximum Gasteiger partial charge on any atom is 0.197 e. The van der Waals surface area contributed by atoms with Crippen molar-refractivity contribution in [2.75, 3.05) is 0 Å². The van der Waals surface area contributed by atoms with Crippen molar-refractivity contribution in [3.63, 3.8) is 0 Å². The molecule has 1 aliphatic rings. The van der Waals surface area contributed by atoms with E-state index in [1.165, 1.54) is 0 Å². The van der Waals surface area contributed by atoms with Crippen LogP contribution >= 0.6 is 0 Å². The van der Waals surface area contributed by atoms with E-state index >= 15 is 0 Å². The molecule has 1 atom stereocenters. The lowest BCUT2D eigenvalue weighted by molar-refractivity contribution is 0.278. The Hall–Kier alpha value is -1.88. The summed E-state index contributed by atoms with van der Waals surface area (Å²) in [5.41, 5.74) is 8.46. The zero-order chi connectivity index (χ0) is 13.5. The summed E-state index contributed by atoms with van der Waals surface area (Å²) in [4.78, 5) is 17.3. The lowest BCUT2D eigenvalue weighted by Gasteiger charge is -2.34. The van der Waals surface area contributed by atoms with Gasteiger partial charge in [0.25, 0.3) is 0 Å². The van der Waals surface area contributed by atoms with Gasteiger partial charge in [-0.25, -0.2) is 19.9 Å². The predicted octanol–water partition coefficient (Wildman–Crippen LogP) is 1.91. The average molecular weight is 255 g/mol. The summed E-state index contributed by atoms with van der Waals surface area (Å²) >= 11 is 0. The number of rotatable bonds is 1. The molecule has 0 saturated heterocycles. The second-order valence-corrected chi connectivity index (χ2v) is 5.82. The summed E-state index contributed by atoms with van der Waals surface area (Å²) in [5.74, 6) is 1.13. The summed E-state index contributed by atoms with van der Waals surface area (Å²) in [6, 6.07) is 1.80. The zero-order valence-corrected chi connectivity index (χ0v) is 11.2. The highest BCUT2D eigenvalue weighted by Gasteiger charge is 2.31. The van der Waals surface area contributed by atoms with E-state index in [9.17, 15) is 0 Å². The number of nitrogens with zero attached hydrogens (tertiary/aromatic N) is 4. The van der Waals surface area contributed by atoms with Crippen LogP contribution in [0, 0.1) is 5.41 Å². The SMILES string of the molecule is CC1(C)Cc2nc(-c3ncccn3)ncc2C(N)C1. The van der Waals surface area contributed by atoms with Crippen molar-refractivity contribution in [2.45, 2.75) is 32.7 Å². The van der Waals surface area contributed by atoms with E-state index in [1.54, 1.807) is 18.5 Å². The van der Waals surface area contributed by atoms with Gasteiger partial charge in [0.05, 0.1) is 0 Å². The van der Waals surface area contributed by atoms with Crippen LogP contribution < -0.4 is 5.73 Å². The second-order valence-electron chi connectivity index (χ2n) is 5.82. The standard InChI is InChI=1S/C14H17N5/c1-14(2)6-10(15)9-8-18-13(19-11(9)7-14)12-16-4-3-5-17-12/h3-5,8,10H,6-7,15H2,1-2H3. The van der Waals surface area contributed by atoms with Crippen molar-refractivity contribution in [1.29, 1.82) is 0 Å². The van der Waals surface area contributed by atoms with Crippen LogP contribution in [-0.2, 0) is 6.42 Å². The smallest absolute Gasteiger partial charge is 0.197 e. The van der Waals surface area contributed by atoms with E-state index in [2.05, 4.69) is 33.8 Å². The molecule has 1 unspecified atom stereocenters. The molecule has 0 spiro atoms. The van der Waals surface area contributed by atoms with E-state index in [1.807, 2.05) is 6.20 Å². The second kappa shape index (κ2) is 4.35. The Morgan fingerprint density at radius 3 is 2.63 bits per heavy atom. The summed E-state index contributed by atoms with van der Waals surface area (Å²) < 4.78 is 0. The molecule has 0 aromatic carbocycles. The van der Waals surface area contributed by atoms with Gasteiger partial charge in [0, 0.05) is 35.9 Å². The summed E-state index contributed by atoms with van der Waals surface area (Å²) in [7, 11) is 0. The fourth-order valence-electron chi connectivity index (χ4n) is 2.63. The quantitative estimate of drug-likeness (QED) is 0.842. The van der Waals surface area contributed by atoms with Crippen molar-refractivity contribution in [2.24, 2.45) is 11.1 Å². The van der Waals surface area contributed by atoms with Crippen LogP contribution in [0.5, 0.6) is 0 Å². The Kier molecular flexibility index (Phi) is 2.78. The topological polar surface area (TPSA) is 77.6 Å². The van der Waals surface area contributed by atoms with Gasteiger partial charge in [-0.3, -0.25) is 0 Å². The van der Waals surface area contributed by atoms with E-state index in [4.69, 9.17) is 5.73 Å². The molecular weight excluding hydrogens is 238 g/mol. The molecule has 3 rings (SSSR count). The van der Waals surface area contributed by atoms with Gasteiger partial charge in [0.15, 0.2) is 11.6 Å². The Morgan fingerprint density at radius 1 is 1.16 bits per heavy atom. The van der Waals surface area contributed by atoms with Crippen LogP contribution in [0.15, 0.2) is 24.7 Å². The van der Waals surface area contributed by atoms with Crippen molar-refractivity contribution in [3.05, 3.63) is 35.9 Å². The molecule has 2 heterocycles. The minimum atomic E-state index is 0.0180. The minimum Gasteiger partial charge on any atom is -0.324 e. The molecule has 0 amide bonds. The fraction of sp³-hybridized carbons (Fsp3) is 0.429. The first-order chi connectivity index (χ1) is 9.05. The van der Waals surface area contributed by atoms with Crippen molar-refractivity contribution < 1.29 is 0 Å². The van der Waals surface area contributed by atoms with Gasteiger partial charge in [-0.05, 0) is 24.3 Å². The first-order valence-corrected chi connectivity index (χ1v) is 6.44. The molecular formula is C14H17N5. The number of nitrogens with two attached hydrogens (primary N) is 1. The van der Waals surface area contributed by atoms with Crippen LogP contribution in [0.3, 0.4) is 0 Å². The molecule has 0 fully saturated rings. The molecule has 0 aliphatic heterocycles. The molecule has 0 saturated carbocycles. The summed E-state index contributed by atoms with van der Waals surface area (Å²) in [6.45, 7) is 4.44. The van der Waals surface area contributed by atoms with Gasteiger partial charge in [0.1, 0.15) is 0 Å². The molecule has 2 aromatic heterocycles. The van der Waals surface area contributed by atoms with Crippen molar-refractivity contribution in [1.82, 2.24) is 19.9 Å². The van der Waals surface area contributed by atoms with Crippen molar-refractivity contribution >= 4 is 0 Å². The lowest BCUT2D eigenvalue weighted by Crippen LogP contribution is -2.30. The van der Waals surface area contributed by atoms with Crippen LogP contribution in [0.4, 0.5) is 0 Å². The van der Waals surface area contributed by atoms with E-state index in [-0.39, 0.29) is 11.5 Å². The largest absolute Gasteiger partial charge is 0.324 e. The Balaban J connectivity index is 2.05. The van der Waals surface area contributed by atoms with Gasteiger partial charge in [-0.1, -0.05) is 13.8 Å². The van der Waals surface area contributed by atoms with Crippen LogP contribution in [0.2, 0.25) is 0 Å². The average Bonchev–Trinajstić information content (AvgIpc) is 2.37. The molecule has 1 aliphatic carbocycles. The predicted molar refractivity (Wildman–Crippen MR) is 72.1 cm³/mol. The van der Waals surface area contributed by atoms with Gasteiger partial charge in [-0.15, -0.1) is 0 Å². The summed E-state index contributed by atoms with van der Waals surface area (Å²) in [6.07, 6.45) is 7.10. The third-order valence-electron chi connectivity index (χ3n) is 3.48. The minimum absolute atomic E-state index is 0.0180. The molecule has 5 heteroatoms. The Bertz CT molecular complexity index is 594. The molecule has 98 valence electrons. The highest BCUT2D eigenvalue weighted by Crippen LogP contribution is 2.38. The van der Waals surface area contributed by atoms with E-state index in [0.29, 0.717) is 11.6 Å². The highest BCUT2D eigenvalue weighted by atomic mass is 15.0. The molecule has 5 nitrogen and oxygen atoms in total. The van der Waals surface area contributed by atoms with Gasteiger partial charge >= 0.3 is 0 Å². The molecule has 0 radical (unpaired) electrons. The number of hydrogen-bond acceptors (Lipinski definition) is 5. The molecule has 2 aromatic rings. The number of aromatic nitrogens is 4. The van der Waals surface area contributed by atoms with Gasteiger partial charge in [0.2, 0.25) is 0 Å². The first-order valence-electron chi connectivity index (χ1n) is 6.44. The lowest BCUT2D eigenvalue weighted by atomic mass is 9.74. The zero-order valence-electron chi connectivity index (χ0n) is 11.2. The summed E-state index contributed by atoms with van der Waals surface area (Å²) in [5, 5.41) is 0. The maximum absolute atomic E-state index is 6.20. The fourth-order valence-corrected chi connectivity index (χ4v) is 2.63. The third kappa shape index (κ3) is 2.33. The van der Waals surface area contributed by atoms with Crippen molar-refractivity contribution in [3.8, 4) is 11.6 Å². The van der Waals surface area contributed by atoms with Crippen LogP contribution in [0.1, 0.15) is 37.6 Å². The molecule has 2 N–H and O–H groups in total. The first kappa shape index (κ1) is 12.2. The highest BCUT2D eigenvalue weighted by molar-refractivity contribution is 5.44. The number of hydrogen-bond donors (Lipinski definition) is 1. The van der Waals surface area contributed by atoms with Crippen LogP contribution in [-0.4, -0.2) is 19.9 Å². The monoisotopic (exact) mass is 255 g/mol.